The molecule has 0 atom stereocenters. The lowest BCUT2D eigenvalue weighted by Gasteiger charge is -2.24. The summed E-state index contributed by atoms with van der Waals surface area (Å²) in [7, 11) is 2.01. The molecule has 0 fully saturated rings. The number of hydrogen-bond donors (Lipinski definition) is 1. The van der Waals surface area contributed by atoms with Crippen molar-refractivity contribution in [2.75, 3.05) is 13.6 Å². The number of carboxylic acid groups (broad SMARTS) is 1. The van der Waals surface area contributed by atoms with Gasteiger partial charge >= 0.3 is 5.97 Å². The summed E-state index contributed by atoms with van der Waals surface area (Å²) in [5.41, 5.74) is 0.551. The zero-order chi connectivity index (χ0) is 13.8. The van der Waals surface area contributed by atoms with E-state index in [0.717, 1.165) is 17.6 Å². The molecule has 0 saturated carbocycles. The van der Waals surface area contributed by atoms with Gasteiger partial charge in [0.2, 0.25) is 0 Å². The standard InChI is InChI=1S/C14H20BrNO2/c1-14(2,13(17)18)8-9-16(3)10-11-6-4-5-7-12(11)15/h4-7H,8-10H2,1-3H3,(H,17,18). The number of aliphatic carboxylic acids is 1. The first-order chi connectivity index (χ1) is 8.33. The SMILES string of the molecule is CN(CCC(C)(C)C(=O)O)Cc1ccccc1Br. The number of carboxylic acids is 1. The van der Waals surface area contributed by atoms with Crippen molar-refractivity contribution in [1.82, 2.24) is 4.90 Å². The number of nitrogens with zero attached hydrogens (tertiary/aromatic N) is 1. The largest absolute Gasteiger partial charge is 0.481 e. The summed E-state index contributed by atoms with van der Waals surface area (Å²) in [4.78, 5) is 13.2. The van der Waals surface area contributed by atoms with Crippen LogP contribution in [0.3, 0.4) is 0 Å². The molecule has 1 N–H and O–H groups in total. The molecular weight excluding hydrogens is 294 g/mol. The molecule has 0 heterocycles. The lowest BCUT2D eigenvalue weighted by atomic mass is 9.89. The summed E-state index contributed by atoms with van der Waals surface area (Å²) in [6, 6.07) is 8.09. The van der Waals surface area contributed by atoms with Gasteiger partial charge in [-0.15, -0.1) is 0 Å². The van der Waals surface area contributed by atoms with Crippen molar-refractivity contribution in [3.8, 4) is 0 Å². The minimum atomic E-state index is -0.739. The Morgan fingerprint density at radius 3 is 2.56 bits per heavy atom. The second kappa shape index (κ2) is 6.34. The Bertz CT molecular complexity index is 418. The molecule has 0 aliphatic rings. The van der Waals surface area contributed by atoms with Crippen molar-refractivity contribution < 1.29 is 9.90 Å². The van der Waals surface area contributed by atoms with Crippen LogP contribution in [0.5, 0.6) is 0 Å². The predicted octanol–water partition coefficient (Wildman–Crippen LogP) is 3.38. The average Bonchev–Trinajstić information content (AvgIpc) is 2.29. The molecule has 0 saturated heterocycles. The fourth-order valence-electron chi connectivity index (χ4n) is 1.57. The summed E-state index contributed by atoms with van der Waals surface area (Å²) >= 11 is 3.52. The van der Waals surface area contributed by atoms with Gasteiger partial charge in [-0.3, -0.25) is 4.79 Å². The number of hydrogen-bond acceptors (Lipinski definition) is 2. The van der Waals surface area contributed by atoms with Gasteiger partial charge in [-0.1, -0.05) is 34.1 Å². The zero-order valence-corrected chi connectivity index (χ0v) is 12.7. The molecule has 0 unspecified atom stereocenters. The second-order valence-electron chi connectivity index (χ2n) is 5.27. The van der Waals surface area contributed by atoms with Gasteiger partial charge < -0.3 is 10.0 Å². The van der Waals surface area contributed by atoms with Gasteiger partial charge in [0.1, 0.15) is 0 Å². The highest BCUT2D eigenvalue weighted by Crippen LogP contribution is 2.22. The van der Waals surface area contributed by atoms with Gasteiger partial charge in [-0.25, -0.2) is 0 Å². The molecule has 0 radical (unpaired) electrons. The molecule has 18 heavy (non-hydrogen) atoms. The first-order valence-corrected chi connectivity index (χ1v) is 6.77. The Morgan fingerprint density at radius 2 is 2.00 bits per heavy atom. The Balaban J connectivity index is 2.50. The predicted molar refractivity (Wildman–Crippen MR) is 76.5 cm³/mol. The maximum absolute atomic E-state index is 11.0. The number of benzene rings is 1. The van der Waals surface area contributed by atoms with Crippen LogP contribution >= 0.6 is 15.9 Å². The third-order valence-electron chi connectivity index (χ3n) is 3.10. The molecule has 0 spiro atoms. The minimum absolute atomic E-state index is 0.642. The molecule has 0 amide bonds. The summed E-state index contributed by atoms with van der Waals surface area (Å²) in [5.74, 6) is -0.739. The van der Waals surface area contributed by atoms with Crippen LogP contribution in [-0.4, -0.2) is 29.6 Å². The first-order valence-electron chi connectivity index (χ1n) is 5.98. The highest BCUT2D eigenvalue weighted by atomic mass is 79.9. The van der Waals surface area contributed by atoms with Crippen LogP contribution in [0.2, 0.25) is 0 Å². The smallest absolute Gasteiger partial charge is 0.309 e. The van der Waals surface area contributed by atoms with E-state index in [1.807, 2.05) is 25.2 Å². The Kier molecular flexibility index (Phi) is 5.35. The number of carbonyl (C=O) groups is 1. The van der Waals surface area contributed by atoms with Crippen LogP contribution in [0.15, 0.2) is 28.7 Å². The quantitative estimate of drug-likeness (QED) is 0.875. The van der Waals surface area contributed by atoms with E-state index in [9.17, 15) is 4.79 Å². The van der Waals surface area contributed by atoms with Crippen LogP contribution in [0.4, 0.5) is 0 Å². The van der Waals surface area contributed by atoms with E-state index in [4.69, 9.17) is 5.11 Å². The molecule has 1 rings (SSSR count). The third kappa shape index (κ3) is 4.42. The fourth-order valence-corrected chi connectivity index (χ4v) is 1.98. The summed E-state index contributed by atoms with van der Waals surface area (Å²) < 4.78 is 1.09. The lowest BCUT2D eigenvalue weighted by molar-refractivity contribution is -0.147. The Labute approximate surface area is 117 Å². The van der Waals surface area contributed by atoms with E-state index in [1.54, 1.807) is 13.8 Å². The lowest BCUT2D eigenvalue weighted by Crippen LogP contribution is -2.30. The van der Waals surface area contributed by atoms with E-state index >= 15 is 0 Å². The summed E-state index contributed by atoms with van der Waals surface area (Å²) in [5, 5.41) is 9.06. The highest BCUT2D eigenvalue weighted by Gasteiger charge is 2.26. The molecular formula is C14H20BrNO2. The Morgan fingerprint density at radius 1 is 1.39 bits per heavy atom. The first kappa shape index (κ1) is 15.2. The van der Waals surface area contributed by atoms with Crippen LogP contribution in [-0.2, 0) is 11.3 Å². The molecule has 0 aromatic heterocycles. The van der Waals surface area contributed by atoms with E-state index in [2.05, 4.69) is 26.9 Å². The van der Waals surface area contributed by atoms with Crippen molar-refractivity contribution in [3.63, 3.8) is 0 Å². The van der Waals surface area contributed by atoms with Crippen LogP contribution < -0.4 is 0 Å². The van der Waals surface area contributed by atoms with E-state index in [-0.39, 0.29) is 0 Å². The van der Waals surface area contributed by atoms with Gasteiger partial charge in [0.25, 0.3) is 0 Å². The van der Waals surface area contributed by atoms with Crippen LogP contribution in [0.1, 0.15) is 25.8 Å². The zero-order valence-electron chi connectivity index (χ0n) is 11.1. The van der Waals surface area contributed by atoms with Crippen LogP contribution in [0.25, 0.3) is 0 Å². The fraction of sp³-hybridized carbons (Fsp3) is 0.500. The van der Waals surface area contributed by atoms with Crippen molar-refractivity contribution in [3.05, 3.63) is 34.3 Å². The molecule has 0 aliphatic carbocycles. The van der Waals surface area contributed by atoms with E-state index in [1.165, 1.54) is 5.56 Å². The van der Waals surface area contributed by atoms with Crippen molar-refractivity contribution >= 4 is 21.9 Å². The van der Waals surface area contributed by atoms with Crippen LogP contribution in [0, 0.1) is 5.41 Å². The number of halogens is 1. The maximum Gasteiger partial charge on any atom is 0.309 e. The topological polar surface area (TPSA) is 40.5 Å². The molecule has 1 aromatic rings. The van der Waals surface area contributed by atoms with Crippen molar-refractivity contribution in [1.29, 1.82) is 0 Å². The normalized spacial score (nSPS) is 11.8. The molecule has 3 nitrogen and oxygen atoms in total. The van der Waals surface area contributed by atoms with Gasteiger partial charge in [-0.2, -0.15) is 0 Å². The van der Waals surface area contributed by atoms with Crippen molar-refractivity contribution in [2.45, 2.75) is 26.8 Å². The van der Waals surface area contributed by atoms with Gasteiger partial charge in [-0.05, 0) is 45.5 Å². The summed E-state index contributed by atoms with van der Waals surface area (Å²) in [6.07, 6.45) is 0.642. The Hall–Kier alpha value is -0.870. The molecule has 1 aromatic carbocycles. The van der Waals surface area contributed by atoms with E-state index < -0.39 is 11.4 Å². The van der Waals surface area contributed by atoms with Gasteiger partial charge in [0.05, 0.1) is 5.41 Å². The monoisotopic (exact) mass is 313 g/mol. The van der Waals surface area contributed by atoms with Gasteiger partial charge in [0.15, 0.2) is 0 Å². The molecule has 0 bridgehead atoms. The summed E-state index contributed by atoms with van der Waals surface area (Å²) in [6.45, 7) is 5.11. The molecule has 4 heteroatoms. The number of rotatable bonds is 6. The average molecular weight is 314 g/mol. The third-order valence-corrected chi connectivity index (χ3v) is 3.87. The van der Waals surface area contributed by atoms with E-state index in [0.29, 0.717) is 6.42 Å². The molecule has 100 valence electrons. The highest BCUT2D eigenvalue weighted by molar-refractivity contribution is 9.10. The van der Waals surface area contributed by atoms with Crippen molar-refractivity contribution in [2.24, 2.45) is 5.41 Å². The maximum atomic E-state index is 11.0. The molecule has 0 aliphatic heterocycles. The van der Waals surface area contributed by atoms with Gasteiger partial charge in [0, 0.05) is 11.0 Å². The minimum Gasteiger partial charge on any atom is -0.481 e. The second-order valence-corrected chi connectivity index (χ2v) is 6.12.